The predicted octanol–water partition coefficient (Wildman–Crippen LogP) is 7.06. The lowest BCUT2D eigenvalue weighted by molar-refractivity contribution is -0.199. The van der Waals surface area contributed by atoms with Crippen LogP contribution >= 0.6 is 7.60 Å². The normalized spacial score (nSPS) is 49.5. The van der Waals surface area contributed by atoms with Crippen LogP contribution in [-0.4, -0.2) is 46.8 Å². The van der Waals surface area contributed by atoms with Crippen LogP contribution in [0.1, 0.15) is 97.0 Å². The molecule has 0 amide bonds. The number of rotatable bonds is 6. The highest BCUT2D eigenvalue weighted by Crippen LogP contribution is 2.69. The average molecular weight is 574 g/mol. The number of pyridine rings is 1. The SMILES string of the molecule is C[C@H](CCO[P@]1(=O)C[C@H](c2ccncc2)CCO1)[C@H]1CCC2C3C(CC[C@@]21C)[C@@]1(C)CC[C@@H](O)CC1[C@@H](C)[C@H]3O. The van der Waals surface area contributed by atoms with Crippen molar-refractivity contribution >= 4 is 7.60 Å². The Labute approximate surface area is 241 Å². The second-order valence-corrected chi connectivity index (χ2v) is 17.0. The van der Waals surface area contributed by atoms with Gasteiger partial charge in [-0.2, -0.15) is 0 Å². The molecule has 4 saturated carbocycles. The number of hydrogen-bond acceptors (Lipinski definition) is 6. The summed E-state index contributed by atoms with van der Waals surface area (Å²) in [5, 5.41) is 22.2. The molecular formula is C33H52NO5P. The van der Waals surface area contributed by atoms with Gasteiger partial charge in [0.2, 0.25) is 0 Å². The van der Waals surface area contributed by atoms with E-state index in [1.807, 2.05) is 12.1 Å². The van der Waals surface area contributed by atoms with Crippen molar-refractivity contribution in [2.24, 2.45) is 52.3 Å². The Kier molecular flexibility index (Phi) is 8.09. The zero-order valence-corrected chi connectivity index (χ0v) is 26.0. The Balaban J connectivity index is 1.10. The van der Waals surface area contributed by atoms with Crippen molar-refractivity contribution < 1.29 is 23.8 Å². The third-order valence-electron chi connectivity index (χ3n) is 13.1. The second-order valence-electron chi connectivity index (χ2n) is 14.9. The van der Waals surface area contributed by atoms with E-state index in [0.29, 0.717) is 54.9 Å². The molecular weight excluding hydrogens is 521 g/mol. The molecule has 0 aromatic carbocycles. The van der Waals surface area contributed by atoms with Crippen LogP contribution in [0.3, 0.4) is 0 Å². The largest absolute Gasteiger partial charge is 0.393 e. The van der Waals surface area contributed by atoms with Gasteiger partial charge in [0.05, 0.1) is 31.6 Å². The summed E-state index contributed by atoms with van der Waals surface area (Å²) >= 11 is 0. The van der Waals surface area contributed by atoms with Crippen LogP contribution in [0, 0.1) is 52.3 Å². The lowest BCUT2D eigenvalue weighted by Crippen LogP contribution is -2.61. The monoisotopic (exact) mass is 573 g/mol. The molecule has 6 nitrogen and oxygen atoms in total. The summed E-state index contributed by atoms with van der Waals surface area (Å²) in [6.07, 6.45) is 13.1. The van der Waals surface area contributed by atoms with Crippen molar-refractivity contribution in [2.75, 3.05) is 19.4 Å². The van der Waals surface area contributed by atoms with Crippen molar-refractivity contribution in [3.05, 3.63) is 30.1 Å². The zero-order valence-electron chi connectivity index (χ0n) is 25.1. The third-order valence-corrected chi connectivity index (χ3v) is 15.2. The van der Waals surface area contributed by atoms with E-state index in [1.165, 1.54) is 31.2 Å². The van der Waals surface area contributed by atoms with E-state index in [0.717, 1.165) is 32.1 Å². The molecule has 0 radical (unpaired) electrons. The summed E-state index contributed by atoms with van der Waals surface area (Å²) in [6, 6.07) is 4.02. The number of aliphatic hydroxyl groups is 2. The summed E-state index contributed by atoms with van der Waals surface area (Å²) in [5.41, 5.74) is 1.64. The summed E-state index contributed by atoms with van der Waals surface area (Å²) in [4.78, 5) is 4.12. The molecule has 6 rings (SSSR count). The molecule has 2 heterocycles. The first kappa shape index (κ1) is 29.3. The third kappa shape index (κ3) is 4.96. The van der Waals surface area contributed by atoms with E-state index in [4.69, 9.17) is 9.05 Å². The fourth-order valence-electron chi connectivity index (χ4n) is 10.9. The van der Waals surface area contributed by atoms with Gasteiger partial charge in [0.15, 0.2) is 0 Å². The highest BCUT2D eigenvalue weighted by molar-refractivity contribution is 7.53. The van der Waals surface area contributed by atoms with Gasteiger partial charge in [-0.15, -0.1) is 0 Å². The van der Waals surface area contributed by atoms with E-state index in [1.54, 1.807) is 12.4 Å². The molecule has 4 aliphatic carbocycles. The second kappa shape index (κ2) is 11.1. The Hall–Kier alpha value is -0.780. The summed E-state index contributed by atoms with van der Waals surface area (Å²) < 4.78 is 25.3. The van der Waals surface area contributed by atoms with E-state index < -0.39 is 7.60 Å². The predicted molar refractivity (Wildman–Crippen MR) is 157 cm³/mol. The molecule has 40 heavy (non-hydrogen) atoms. The quantitative estimate of drug-likeness (QED) is 0.354. The van der Waals surface area contributed by atoms with E-state index in [-0.39, 0.29) is 34.9 Å². The van der Waals surface area contributed by atoms with Crippen LogP contribution in [0.15, 0.2) is 24.5 Å². The maximum absolute atomic E-state index is 13.5. The van der Waals surface area contributed by atoms with Gasteiger partial charge >= 0.3 is 7.60 Å². The van der Waals surface area contributed by atoms with Crippen molar-refractivity contribution in [2.45, 2.75) is 104 Å². The van der Waals surface area contributed by atoms with E-state index >= 15 is 0 Å². The molecule has 1 aliphatic heterocycles. The van der Waals surface area contributed by atoms with Gasteiger partial charge in [-0.25, -0.2) is 0 Å². The highest BCUT2D eigenvalue weighted by atomic mass is 31.2. The van der Waals surface area contributed by atoms with Crippen molar-refractivity contribution in [3.8, 4) is 0 Å². The minimum atomic E-state index is -3.10. The topological polar surface area (TPSA) is 88.9 Å². The summed E-state index contributed by atoms with van der Waals surface area (Å²) in [5.74, 6) is 3.44. The Bertz CT molecular complexity index is 1090. The maximum Gasteiger partial charge on any atom is 0.331 e. The first-order valence-corrected chi connectivity index (χ1v) is 17.9. The lowest BCUT2D eigenvalue weighted by atomic mass is 9.42. The number of hydrogen-bond donors (Lipinski definition) is 2. The molecule has 7 heteroatoms. The number of aromatic nitrogens is 1. The Morgan fingerprint density at radius 1 is 1.05 bits per heavy atom. The molecule has 4 unspecified atom stereocenters. The summed E-state index contributed by atoms with van der Waals surface area (Å²) in [6.45, 7) is 10.6. The van der Waals surface area contributed by atoms with Crippen LogP contribution in [0.4, 0.5) is 0 Å². The number of fused-ring (bicyclic) bond motifs is 5. The molecule has 5 aliphatic rings. The molecule has 13 atom stereocenters. The van der Waals surface area contributed by atoms with Gasteiger partial charge in [0.1, 0.15) is 0 Å². The van der Waals surface area contributed by atoms with Gasteiger partial charge in [0, 0.05) is 12.4 Å². The highest BCUT2D eigenvalue weighted by Gasteiger charge is 2.64. The fraction of sp³-hybridized carbons (Fsp3) is 0.848. The van der Waals surface area contributed by atoms with Crippen LogP contribution in [0.5, 0.6) is 0 Å². The Morgan fingerprint density at radius 2 is 1.77 bits per heavy atom. The first-order valence-electron chi connectivity index (χ1n) is 16.2. The lowest BCUT2D eigenvalue weighted by Gasteiger charge is -2.64. The molecule has 2 N–H and O–H groups in total. The Morgan fingerprint density at radius 3 is 2.55 bits per heavy atom. The van der Waals surface area contributed by atoms with Gasteiger partial charge in [-0.3, -0.25) is 9.55 Å². The molecule has 0 spiro atoms. The zero-order chi connectivity index (χ0) is 28.3. The molecule has 1 saturated heterocycles. The van der Waals surface area contributed by atoms with Crippen molar-refractivity contribution in [1.29, 1.82) is 0 Å². The smallest absolute Gasteiger partial charge is 0.331 e. The molecule has 5 fully saturated rings. The van der Waals surface area contributed by atoms with Crippen LogP contribution in [0.25, 0.3) is 0 Å². The van der Waals surface area contributed by atoms with Gasteiger partial charge in [0.25, 0.3) is 0 Å². The van der Waals surface area contributed by atoms with E-state index in [2.05, 4.69) is 32.7 Å². The average Bonchev–Trinajstić information content (AvgIpc) is 3.30. The molecule has 1 aromatic heterocycles. The summed E-state index contributed by atoms with van der Waals surface area (Å²) in [7, 11) is -3.10. The molecule has 224 valence electrons. The van der Waals surface area contributed by atoms with Gasteiger partial charge in [-0.05, 0) is 134 Å². The van der Waals surface area contributed by atoms with Crippen LogP contribution in [-0.2, 0) is 13.6 Å². The first-order chi connectivity index (χ1) is 19.1. The van der Waals surface area contributed by atoms with Crippen molar-refractivity contribution in [1.82, 2.24) is 4.98 Å². The standard InChI is InChI=1S/C33H52NO5P/c1-21(11-17-38-40(37)20-24(12-18-39-40)23-9-15-34-16-10-23)26-5-6-27-30-28(8-14-32(26,27)3)33(4)13-7-25(35)19-29(33)22(2)31(30)36/h9-10,15-16,21-22,24-31,35-36H,5-8,11-14,17-20H2,1-4H3/t21-,22-,24-,25-,26-,27?,28?,29?,30?,31-,32-,33-,40-/m1/s1. The van der Waals surface area contributed by atoms with Crippen LogP contribution < -0.4 is 0 Å². The molecule has 1 aromatic rings. The fourth-order valence-corrected chi connectivity index (χ4v) is 12.9. The number of nitrogens with zero attached hydrogens (tertiary/aromatic N) is 1. The van der Waals surface area contributed by atoms with Gasteiger partial charge in [-0.1, -0.05) is 27.7 Å². The van der Waals surface area contributed by atoms with Gasteiger partial charge < -0.3 is 19.3 Å². The molecule has 0 bridgehead atoms. The van der Waals surface area contributed by atoms with E-state index in [9.17, 15) is 14.8 Å². The van der Waals surface area contributed by atoms with Crippen molar-refractivity contribution in [3.63, 3.8) is 0 Å². The van der Waals surface area contributed by atoms with Crippen LogP contribution in [0.2, 0.25) is 0 Å². The minimum absolute atomic E-state index is 0.197. The maximum atomic E-state index is 13.5. The minimum Gasteiger partial charge on any atom is -0.393 e. The number of aliphatic hydroxyl groups excluding tert-OH is 2.